The van der Waals surface area contributed by atoms with E-state index in [9.17, 15) is 13.9 Å². The number of rotatable bonds is 4. The molecule has 46 heavy (non-hydrogen) atoms. The number of anilines is 1. The number of phenols is 1. The van der Waals surface area contributed by atoms with Crippen LogP contribution in [-0.2, 0) is 4.74 Å². The van der Waals surface area contributed by atoms with Crippen LogP contribution < -0.4 is 14.4 Å². The third-order valence-electron chi connectivity index (χ3n) is 9.87. The van der Waals surface area contributed by atoms with Crippen molar-refractivity contribution in [2.45, 2.75) is 56.5 Å². The van der Waals surface area contributed by atoms with E-state index in [2.05, 4.69) is 20.8 Å². The fraction of sp³-hybridized carbons (Fsp3) is 0.441. The maximum atomic E-state index is 17.0. The van der Waals surface area contributed by atoms with Gasteiger partial charge in [-0.3, -0.25) is 4.90 Å². The third kappa shape index (κ3) is 4.59. The molecule has 4 atom stereocenters. The number of benzene rings is 2. The van der Waals surface area contributed by atoms with Crippen LogP contribution in [0.5, 0.6) is 17.6 Å². The molecule has 0 aliphatic carbocycles. The van der Waals surface area contributed by atoms with E-state index in [1.165, 1.54) is 24.3 Å². The molecule has 3 saturated heterocycles. The van der Waals surface area contributed by atoms with E-state index in [0.717, 1.165) is 19.4 Å². The van der Waals surface area contributed by atoms with E-state index in [1.807, 2.05) is 11.8 Å². The number of hydrogen-bond acceptors (Lipinski definition) is 9. The van der Waals surface area contributed by atoms with Gasteiger partial charge in [0.25, 0.3) is 0 Å². The molecule has 3 fully saturated rings. The third-order valence-corrected chi connectivity index (χ3v) is 9.87. The van der Waals surface area contributed by atoms with E-state index < -0.39 is 23.3 Å². The Balaban J connectivity index is 1.33. The summed E-state index contributed by atoms with van der Waals surface area (Å²) in [5.41, 5.74) is -0.798. The van der Waals surface area contributed by atoms with Gasteiger partial charge in [0.2, 0.25) is 5.88 Å². The monoisotopic (exact) mass is 631 g/mol. The second-order valence-corrected chi connectivity index (χ2v) is 12.7. The van der Waals surface area contributed by atoms with Gasteiger partial charge in [0.15, 0.2) is 5.82 Å². The first kappa shape index (κ1) is 29.1. The molecule has 6 heterocycles. The van der Waals surface area contributed by atoms with Gasteiger partial charge in [0.1, 0.15) is 53.4 Å². The predicted octanol–water partition coefficient (Wildman–Crippen LogP) is 5.14. The number of fused-ring (bicyclic) bond motifs is 4. The van der Waals surface area contributed by atoms with Crippen LogP contribution in [0.25, 0.3) is 32.9 Å². The Bertz CT molecular complexity index is 1940. The van der Waals surface area contributed by atoms with E-state index >= 15 is 4.39 Å². The summed E-state index contributed by atoms with van der Waals surface area (Å²) in [6, 6.07) is 5.08. The molecular weight excluding hydrogens is 599 g/mol. The second kappa shape index (κ2) is 10.9. The number of hydrogen-bond donors (Lipinski definition) is 1. The van der Waals surface area contributed by atoms with Crippen molar-refractivity contribution in [3.8, 4) is 41.2 Å². The van der Waals surface area contributed by atoms with Crippen molar-refractivity contribution in [1.82, 2.24) is 19.9 Å². The number of ether oxygens (including phenoxy) is 3. The van der Waals surface area contributed by atoms with E-state index in [-0.39, 0.29) is 76.1 Å². The summed E-state index contributed by atoms with van der Waals surface area (Å²) >= 11 is 0. The summed E-state index contributed by atoms with van der Waals surface area (Å²) in [6.45, 7) is 4.41. The minimum absolute atomic E-state index is 0.00457. The quantitative estimate of drug-likeness (QED) is 0.308. The van der Waals surface area contributed by atoms with E-state index in [1.54, 1.807) is 0 Å². The summed E-state index contributed by atoms with van der Waals surface area (Å²) in [5.74, 6) is 1.17. The van der Waals surface area contributed by atoms with Crippen molar-refractivity contribution < 1.29 is 32.5 Å². The molecule has 0 amide bonds. The van der Waals surface area contributed by atoms with Crippen LogP contribution in [0.1, 0.15) is 38.2 Å². The highest BCUT2D eigenvalue weighted by Gasteiger charge is 2.49. The molecule has 0 unspecified atom stereocenters. The predicted molar refractivity (Wildman–Crippen MR) is 165 cm³/mol. The first-order valence-electron chi connectivity index (χ1n) is 15.6. The molecule has 0 saturated carbocycles. The van der Waals surface area contributed by atoms with Crippen LogP contribution in [0.2, 0.25) is 0 Å². The Hall–Kier alpha value is -4.34. The molecule has 2 aromatic carbocycles. The fourth-order valence-corrected chi connectivity index (χ4v) is 7.60. The highest BCUT2D eigenvalue weighted by atomic mass is 19.1. The van der Waals surface area contributed by atoms with Gasteiger partial charge in [-0.25, -0.2) is 18.2 Å². The molecule has 4 aliphatic heterocycles. The zero-order valence-electron chi connectivity index (χ0n) is 25.2. The van der Waals surface area contributed by atoms with Crippen molar-refractivity contribution >= 4 is 27.5 Å². The van der Waals surface area contributed by atoms with Gasteiger partial charge in [-0.05, 0) is 56.3 Å². The first-order valence-corrected chi connectivity index (χ1v) is 15.6. The number of terminal acetylenes is 1. The van der Waals surface area contributed by atoms with E-state index in [4.69, 9.17) is 25.6 Å². The van der Waals surface area contributed by atoms with Crippen molar-refractivity contribution in [2.75, 3.05) is 44.4 Å². The van der Waals surface area contributed by atoms with Gasteiger partial charge in [-0.1, -0.05) is 12.0 Å². The lowest BCUT2D eigenvalue weighted by atomic mass is 9.95. The van der Waals surface area contributed by atoms with Crippen LogP contribution in [0.3, 0.4) is 0 Å². The van der Waals surface area contributed by atoms with Crippen molar-refractivity contribution in [1.29, 1.82) is 0 Å². The number of alkyl halides is 1. The normalized spacial score (nSPS) is 25.9. The van der Waals surface area contributed by atoms with Crippen LogP contribution in [0, 0.1) is 24.0 Å². The molecule has 1 N–H and O–H groups in total. The first-order chi connectivity index (χ1) is 22.2. The molecule has 8 rings (SSSR count). The maximum Gasteiger partial charge on any atom is 0.319 e. The van der Waals surface area contributed by atoms with Crippen LogP contribution in [0.4, 0.5) is 19.0 Å². The molecule has 9 nitrogen and oxygen atoms in total. The molecule has 238 valence electrons. The summed E-state index contributed by atoms with van der Waals surface area (Å²) in [4.78, 5) is 18.1. The van der Waals surface area contributed by atoms with Gasteiger partial charge >= 0.3 is 6.01 Å². The van der Waals surface area contributed by atoms with Gasteiger partial charge in [-0.2, -0.15) is 9.97 Å². The molecule has 12 heteroatoms. The minimum atomic E-state index is -0.938. The van der Waals surface area contributed by atoms with Gasteiger partial charge in [0, 0.05) is 30.5 Å². The number of halogens is 3. The summed E-state index contributed by atoms with van der Waals surface area (Å²) < 4.78 is 64.9. The number of aromatic hydroxyl groups is 1. The smallest absolute Gasteiger partial charge is 0.319 e. The Morgan fingerprint density at radius 1 is 1.15 bits per heavy atom. The van der Waals surface area contributed by atoms with Gasteiger partial charge < -0.3 is 24.2 Å². The van der Waals surface area contributed by atoms with Crippen LogP contribution >= 0.6 is 0 Å². The van der Waals surface area contributed by atoms with Gasteiger partial charge in [-0.15, -0.1) is 6.42 Å². The molecule has 4 aromatic rings. The SMILES string of the molecule is C#Cc1c(F)ccc2cc(O)cc(-c3nc4c5c(nc(OC[C@@]67CCCN6C[C@H](F)C7)nc5c3F)N3CC[C@H](C)OC[C@H]3CO4)c12. The molecular formula is C34H32F3N5O4. The number of pyridine rings is 1. The van der Waals surface area contributed by atoms with Crippen molar-refractivity contribution in [3.05, 3.63) is 41.5 Å². The number of aromatic nitrogens is 3. The standard InChI is InChI=1S/C34H32F3N5O4/c1-3-23-25(36)6-5-19-11-22(43)12-24(26(19)23)29-28(37)30-27-31(42-10-7-18(2)44-15-21(42)16-45-32(27)38-29)40-33(39-30)46-17-34-8-4-9-41(34)14-20(35)13-34/h1,5-6,11-12,18,20-21,43H,4,7-10,13-17H2,2H3/t18-,20+,21-,34-/m0/s1. The highest BCUT2D eigenvalue weighted by molar-refractivity contribution is 6.04. The molecule has 4 aliphatic rings. The van der Waals surface area contributed by atoms with Crippen molar-refractivity contribution in [3.63, 3.8) is 0 Å². The number of phenolic OH excluding ortho intramolecular Hbond substituents is 1. The van der Waals surface area contributed by atoms with E-state index in [0.29, 0.717) is 43.7 Å². The zero-order valence-corrected chi connectivity index (χ0v) is 25.2. The average molecular weight is 632 g/mol. The highest BCUT2D eigenvalue weighted by Crippen LogP contribution is 2.44. The Labute approximate surface area is 263 Å². The topological polar surface area (TPSA) is 93.1 Å². The molecule has 0 radical (unpaired) electrons. The average Bonchev–Trinajstić information content (AvgIpc) is 3.43. The second-order valence-electron chi connectivity index (χ2n) is 12.7. The minimum Gasteiger partial charge on any atom is -0.508 e. The Kier molecular flexibility index (Phi) is 6.88. The summed E-state index contributed by atoms with van der Waals surface area (Å²) in [7, 11) is 0. The van der Waals surface area contributed by atoms with Crippen molar-refractivity contribution in [2.24, 2.45) is 0 Å². The zero-order chi connectivity index (χ0) is 31.7. The molecule has 2 aromatic heterocycles. The largest absolute Gasteiger partial charge is 0.508 e. The molecule has 0 spiro atoms. The lowest BCUT2D eigenvalue weighted by molar-refractivity contribution is 0.0583. The molecule has 0 bridgehead atoms. The Morgan fingerprint density at radius 2 is 2.02 bits per heavy atom. The fourth-order valence-electron chi connectivity index (χ4n) is 7.60. The summed E-state index contributed by atoms with van der Waals surface area (Å²) in [5, 5.41) is 11.5. The maximum absolute atomic E-state index is 17.0. The Morgan fingerprint density at radius 3 is 2.87 bits per heavy atom. The van der Waals surface area contributed by atoms with Crippen LogP contribution in [-0.4, -0.2) is 88.3 Å². The number of nitrogens with zero attached hydrogens (tertiary/aromatic N) is 5. The van der Waals surface area contributed by atoms with Crippen LogP contribution in [0.15, 0.2) is 24.3 Å². The summed E-state index contributed by atoms with van der Waals surface area (Å²) in [6.07, 6.45) is 7.56. The lowest BCUT2D eigenvalue weighted by Crippen LogP contribution is -2.43. The van der Waals surface area contributed by atoms with Gasteiger partial charge in [0.05, 0.1) is 29.9 Å². The lowest BCUT2D eigenvalue weighted by Gasteiger charge is -2.31.